The van der Waals surface area contributed by atoms with E-state index in [4.69, 9.17) is 9.47 Å². The van der Waals surface area contributed by atoms with E-state index in [9.17, 15) is 14.7 Å². The number of fused-ring (bicyclic) bond motifs is 1. The second-order valence-corrected chi connectivity index (χ2v) is 8.53. The molecule has 0 aliphatic carbocycles. The first-order valence-corrected chi connectivity index (χ1v) is 10.8. The molecule has 2 heterocycles. The summed E-state index contributed by atoms with van der Waals surface area (Å²) in [4.78, 5) is 35.3. The molecule has 8 nitrogen and oxygen atoms in total. The lowest BCUT2D eigenvalue weighted by Crippen LogP contribution is -2.36. The average Bonchev–Trinajstić information content (AvgIpc) is 3.03. The van der Waals surface area contributed by atoms with E-state index in [1.165, 1.54) is 6.08 Å². The molecule has 0 aliphatic heterocycles. The Balaban J connectivity index is 2.29. The molecule has 0 spiro atoms. The SMILES string of the molecule is C=CCOC(=O)c1sc2nc(CN(CCCOC)CC(O)C(C)C)[nH]c(=O)c2c1C. The van der Waals surface area contributed by atoms with Crippen LogP contribution in [0.1, 0.15) is 41.3 Å². The summed E-state index contributed by atoms with van der Waals surface area (Å²) < 4.78 is 10.2. The van der Waals surface area contributed by atoms with Crippen molar-refractivity contribution in [3.05, 3.63) is 39.3 Å². The second kappa shape index (κ2) is 11.4. The van der Waals surface area contributed by atoms with Gasteiger partial charge in [0.1, 0.15) is 22.1 Å². The maximum absolute atomic E-state index is 12.7. The fourth-order valence-electron chi connectivity index (χ4n) is 3.01. The summed E-state index contributed by atoms with van der Waals surface area (Å²) in [6, 6.07) is 0. The van der Waals surface area contributed by atoms with Gasteiger partial charge in [-0.3, -0.25) is 9.69 Å². The number of thiophene rings is 1. The van der Waals surface area contributed by atoms with Gasteiger partial charge in [-0.15, -0.1) is 11.3 Å². The highest BCUT2D eigenvalue weighted by molar-refractivity contribution is 7.20. The normalized spacial score (nSPS) is 12.6. The zero-order chi connectivity index (χ0) is 22.3. The van der Waals surface area contributed by atoms with Crippen LogP contribution in [0.4, 0.5) is 0 Å². The summed E-state index contributed by atoms with van der Waals surface area (Å²) in [6.07, 6.45) is 1.80. The van der Waals surface area contributed by atoms with Crippen LogP contribution in [0, 0.1) is 12.8 Å². The summed E-state index contributed by atoms with van der Waals surface area (Å²) in [5.41, 5.74) is 0.282. The minimum atomic E-state index is -0.488. The lowest BCUT2D eigenvalue weighted by atomic mass is 10.1. The predicted molar refractivity (Wildman–Crippen MR) is 118 cm³/mol. The highest BCUT2D eigenvalue weighted by Gasteiger charge is 2.21. The first-order chi connectivity index (χ1) is 14.3. The molecule has 1 unspecified atom stereocenters. The minimum absolute atomic E-state index is 0.107. The molecule has 1 atom stereocenters. The largest absolute Gasteiger partial charge is 0.457 e. The van der Waals surface area contributed by atoms with E-state index in [0.717, 1.165) is 17.8 Å². The maximum atomic E-state index is 12.7. The van der Waals surface area contributed by atoms with Gasteiger partial charge in [-0.05, 0) is 24.8 Å². The number of rotatable bonds is 12. The van der Waals surface area contributed by atoms with Crippen LogP contribution in [0.15, 0.2) is 17.4 Å². The number of esters is 1. The van der Waals surface area contributed by atoms with Gasteiger partial charge >= 0.3 is 5.97 Å². The van der Waals surface area contributed by atoms with Crippen LogP contribution in [0.2, 0.25) is 0 Å². The molecular weight excluding hydrogens is 406 g/mol. The molecular formula is C21H31N3O5S. The quantitative estimate of drug-likeness (QED) is 0.299. The Morgan fingerprint density at radius 2 is 2.17 bits per heavy atom. The molecule has 0 saturated carbocycles. The van der Waals surface area contributed by atoms with Crippen LogP contribution < -0.4 is 5.56 Å². The van der Waals surface area contributed by atoms with E-state index in [0.29, 0.717) is 52.7 Å². The van der Waals surface area contributed by atoms with Crippen molar-refractivity contribution in [2.75, 3.05) is 33.4 Å². The van der Waals surface area contributed by atoms with Crippen LogP contribution in [-0.4, -0.2) is 65.5 Å². The summed E-state index contributed by atoms with van der Waals surface area (Å²) in [7, 11) is 1.65. The van der Waals surface area contributed by atoms with E-state index in [2.05, 4.69) is 16.5 Å². The molecule has 0 bridgehead atoms. The van der Waals surface area contributed by atoms with E-state index in [-0.39, 0.29) is 18.1 Å². The Morgan fingerprint density at radius 1 is 1.43 bits per heavy atom. The van der Waals surface area contributed by atoms with E-state index in [1.54, 1.807) is 14.0 Å². The van der Waals surface area contributed by atoms with Crippen molar-refractivity contribution in [1.82, 2.24) is 14.9 Å². The Labute approximate surface area is 180 Å². The molecule has 30 heavy (non-hydrogen) atoms. The highest BCUT2D eigenvalue weighted by Crippen LogP contribution is 2.27. The molecule has 0 saturated heterocycles. The summed E-state index contributed by atoms with van der Waals surface area (Å²) in [5, 5.41) is 10.7. The van der Waals surface area contributed by atoms with Crippen LogP contribution >= 0.6 is 11.3 Å². The number of nitrogens with zero attached hydrogens (tertiary/aromatic N) is 2. The van der Waals surface area contributed by atoms with E-state index in [1.807, 2.05) is 18.7 Å². The lowest BCUT2D eigenvalue weighted by Gasteiger charge is -2.26. The first-order valence-electron chi connectivity index (χ1n) is 9.98. The third-order valence-corrected chi connectivity index (χ3v) is 5.94. The highest BCUT2D eigenvalue weighted by atomic mass is 32.1. The van der Waals surface area contributed by atoms with Gasteiger partial charge in [-0.25, -0.2) is 9.78 Å². The van der Waals surface area contributed by atoms with Crippen molar-refractivity contribution in [2.45, 2.75) is 39.8 Å². The van der Waals surface area contributed by atoms with Crippen LogP contribution in [0.5, 0.6) is 0 Å². The number of aliphatic hydroxyl groups excluding tert-OH is 1. The van der Waals surface area contributed by atoms with Gasteiger partial charge < -0.3 is 19.6 Å². The number of aromatic amines is 1. The van der Waals surface area contributed by atoms with Crippen LogP contribution in [0.3, 0.4) is 0 Å². The van der Waals surface area contributed by atoms with Crippen molar-refractivity contribution in [3.8, 4) is 0 Å². The maximum Gasteiger partial charge on any atom is 0.348 e. The molecule has 9 heteroatoms. The van der Waals surface area contributed by atoms with Gasteiger partial charge in [-0.2, -0.15) is 0 Å². The molecule has 0 amide bonds. The van der Waals surface area contributed by atoms with Crippen molar-refractivity contribution < 1.29 is 19.4 Å². The van der Waals surface area contributed by atoms with Crippen molar-refractivity contribution >= 4 is 27.5 Å². The number of carbonyl (C=O) groups is 1. The average molecular weight is 438 g/mol. The first kappa shape index (κ1) is 24.2. The van der Waals surface area contributed by atoms with Gasteiger partial charge in [0.05, 0.1) is 18.0 Å². The Bertz CT molecular complexity index is 921. The minimum Gasteiger partial charge on any atom is -0.457 e. The Kier molecular flexibility index (Phi) is 9.16. The lowest BCUT2D eigenvalue weighted by molar-refractivity contribution is 0.0554. The number of hydrogen-bond donors (Lipinski definition) is 2. The second-order valence-electron chi connectivity index (χ2n) is 7.53. The van der Waals surface area contributed by atoms with Gasteiger partial charge in [0.2, 0.25) is 0 Å². The Hall–Kier alpha value is -2.07. The number of H-pyrrole nitrogens is 1. The number of nitrogens with one attached hydrogen (secondary N) is 1. The molecule has 166 valence electrons. The van der Waals surface area contributed by atoms with E-state index < -0.39 is 12.1 Å². The molecule has 0 fully saturated rings. The Morgan fingerprint density at radius 3 is 2.80 bits per heavy atom. The fraction of sp³-hybridized carbons (Fsp3) is 0.571. The monoisotopic (exact) mass is 437 g/mol. The molecule has 0 aliphatic rings. The van der Waals surface area contributed by atoms with Gasteiger partial charge in [-0.1, -0.05) is 26.5 Å². The van der Waals surface area contributed by atoms with Crippen molar-refractivity contribution in [2.24, 2.45) is 5.92 Å². The molecule has 0 aromatic carbocycles. The smallest absolute Gasteiger partial charge is 0.348 e. The van der Waals surface area contributed by atoms with Gasteiger partial charge in [0, 0.05) is 26.8 Å². The predicted octanol–water partition coefficient (Wildman–Crippen LogP) is 2.49. The van der Waals surface area contributed by atoms with Gasteiger partial charge in [0.25, 0.3) is 5.56 Å². The fourth-order valence-corrected chi connectivity index (χ4v) is 4.11. The van der Waals surface area contributed by atoms with Crippen LogP contribution in [0.25, 0.3) is 10.2 Å². The molecule has 2 aromatic heterocycles. The summed E-state index contributed by atoms with van der Waals surface area (Å²) in [6.45, 7) is 11.4. The van der Waals surface area contributed by atoms with Crippen molar-refractivity contribution in [1.29, 1.82) is 0 Å². The zero-order valence-electron chi connectivity index (χ0n) is 18.1. The topological polar surface area (TPSA) is 105 Å². The number of carbonyl (C=O) groups excluding carboxylic acids is 1. The van der Waals surface area contributed by atoms with Gasteiger partial charge in [0.15, 0.2) is 0 Å². The summed E-state index contributed by atoms with van der Waals surface area (Å²) in [5.74, 6) is 0.124. The van der Waals surface area contributed by atoms with E-state index >= 15 is 0 Å². The van der Waals surface area contributed by atoms with Crippen molar-refractivity contribution in [3.63, 3.8) is 0 Å². The number of aromatic nitrogens is 2. The standard InChI is InChI=1S/C21H31N3O5S/c1-6-9-29-21(27)18-14(4)17-19(26)22-16(23-20(17)30-18)12-24(8-7-10-28-5)11-15(25)13(2)3/h6,13,15,25H,1,7-12H2,2-5H3,(H,22,23,26). The third-order valence-electron chi connectivity index (χ3n) is 4.78. The molecule has 2 N–H and O–H groups in total. The third kappa shape index (κ3) is 6.21. The summed E-state index contributed by atoms with van der Waals surface area (Å²) >= 11 is 1.15. The number of aliphatic hydroxyl groups is 1. The molecule has 2 rings (SSSR count). The number of hydrogen-bond acceptors (Lipinski definition) is 8. The zero-order valence-corrected chi connectivity index (χ0v) is 18.9. The number of ether oxygens (including phenoxy) is 2. The number of methoxy groups -OCH3 is 1. The molecule has 2 aromatic rings. The molecule has 0 radical (unpaired) electrons. The van der Waals surface area contributed by atoms with Crippen LogP contribution in [-0.2, 0) is 16.0 Å². The number of aryl methyl sites for hydroxylation is 1.